The van der Waals surface area contributed by atoms with E-state index in [9.17, 15) is 4.79 Å². The zero-order valence-corrected chi connectivity index (χ0v) is 17.6. The fourth-order valence-corrected chi connectivity index (χ4v) is 3.86. The molecule has 1 atom stereocenters. The van der Waals surface area contributed by atoms with Gasteiger partial charge in [0.2, 0.25) is 0 Å². The Kier molecular flexibility index (Phi) is 5.42. The van der Waals surface area contributed by atoms with Crippen LogP contribution in [-0.4, -0.2) is 71.6 Å². The molecule has 162 valence electrons. The molecule has 0 bridgehead atoms. The van der Waals surface area contributed by atoms with Crippen molar-refractivity contribution in [1.82, 2.24) is 39.9 Å². The third-order valence-electron chi connectivity index (χ3n) is 5.37. The molecule has 1 aliphatic heterocycles. The van der Waals surface area contributed by atoms with Crippen LogP contribution in [0.3, 0.4) is 0 Å². The summed E-state index contributed by atoms with van der Waals surface area (Å²) in [4.78, 5) is 23.0. The number of hydrogen-bond acceptors (Lipinski definition) is 7. The van der Waals surface area contributed by atoms with E-state index in [-0.39, 0.29) is 11.9 Å². The molecule has 10 nitrogen and oxygen atoms in total. The summed E-state index contributed by atoms with van der Waals surface area (Å²) in [7, 11) is 0. The zero-order chi connectivity index (χ0) is 21.9. The number of morpholine rings is 1. The summed E-state index contributed by atoms with van der Waals surface area (Å²) in [6.07, 6.45) is 7.08. The van der Waals surface area contributed by atoms with Crippen molar-refractivity contribution < 1.29 is 9.53 Å². The third kappa shape index (κ3) is 4.00. The van der Waals surface area contributed by atoms with E-state index in [4.69, 9.17) is 4.74 Å². The monoisotopic (exact) mass is 430 g/mol. The van der Waals surface area contributed by atoms with Crippen molar-refractivity contribution >= 4 is 5.91 Å². The van der Waals surface area contributed by atoms with Gasteiger partial charge < -0.3 is 9.64 Å². The van der Waals surface area contributed by atoms with Gasteiger partial charge in [-0.2, -0.15) is 25.2 Å². The summed E-state index contributed by atoms with van der Waals surface area (Å²) in [6, 6.07) is 11.5. The van der Waals surface area contributed by atoms with Crippen LogP contribution in [0, 0.1) is 6.92 Å². The first-order valence-electron chi connectivity index (χ1n) is 10.4. The van der Waals surface area contributed by atoms with Crippen LogP contribution in [0.5, 0.6) is 0 Å². The molecule has 1 amide bonds. The van der Waals surface area contributed by atoms with E-state index in [1.165, 1.54) is 4.80 Å². The second-order valence-corrected chi connectivity index (χ2v) is 7.56. The van der Waals surface area contributed by atoms with Gasteiger partial charge in [0, 0.05) is 12.2 Å². The Morgan fingerprint density at radius 3 is 2.56 bits per heavy atom. The number of amides is 1. The molecule has 1 unspecified atom stereocenters. The lowest BCUT2D eigenvalue weighted by Gasteiger charge is -2.36. The fraction of sp³-hybridized carbons (Fsp3) is 0.273. The average molecular weight is 430 g/mol. The lowest BCUT2D eigenvalue weighted by molar-refractivity contribution is -0.00197. The number of nitrogens with zero attached hydrogens (tertiary/aromatic N) is 8. The maximum absolute atomic E-state index is 13.6. The van der Waals surface area contributed by atoms with Crippen molar-refractivity contribution in [1.29, 1.82) is 0 Å². The van der Waals surface area contributed by atoms with Crippen LogP contribution < -0.4 is 0 Å². The van der Waals surface area contributed by atoms with E-state index >= 15 is 0 Å². The Balaban J connectivity index is 1.43. The summed E-state index contributed by atoms with van der Waals surface area (Å²) in [6.45, 7) is 3.30. The van der Waals surface area contributed by atoms with E-state index in [2.05, 4.69) is 25.4 Å². The number of pyridine rings is 1. The predicted molar refractivity (Wildman–Crippen MR) is 115 cm³/mol. The Bertz CT molecular complexity index is 1210. The predicted octanol–water partition coefficient (Wildman–Crippen LogP) is 1.64. The molecule has 4 heterocycles. The SMILES string of the molecule is Cc1ccc(-n2nccn2)c(C(=O)N2CCOCC2Cc2cccc(-n3nccn3)c2)n1. The lowest BCUT2D eigenvalue weighted by Crippen LogP contribution is -2.50. The van der Waals surface area contributed by atoms with Crippen LogP contribution in [-0.2, 0) is 11.2 Å². The van der Waals surface area contributed by atoms with Gasteiger partial charge in [0.25, 0.3) is 5.91 Å². The van der Waals surface area contributed by atoms with Gasteiger partial charge in [-0.15, -0.1) is 4.80 Å². The van der Waals surface area contributed by atoms with Gasteiger partial charge in [-0.3, -0.25) is 4.79 Å². The fourth-order valence-electron chi connectivity index (χ4n) is 3.86. The molecule has 0 aliphatic carbocycles. The molecule has 0 spiro atoms. The maximum Gasteiger partial charge on any atom is 0.275 e. The molecular weight excluding hydrogens is 408 g/mol. The maximum atomic E-state index is 13.6. The van der Waals surface area contributed by atoms with Crippen LogP contribution in [0.4, 0.5) is 0 Å². The largest absolute Gasteiger partial charge is 0.377 e. The molecular formula is C22H22N8O2. The lowest BCUT2D eigenvalue weighted by atomic mass is 10.0. The highest BCUT2D eigenvalue weighted by atomic mass is 16.5. The Hall–Kier alpha value is -3.92. The van der Waals surface area contributed by atoms with Gasteiger partial charge in [0.15, 0.2) is 5.69 Å². The average Bonchev–Trinajstić information content (AvgIpc) is 3.54. The molecule has 1 aliphatic rings. The molecule has 0 saturated carbocycles. The summed E-state index contributed by atoms with van der Waals surface area (Å²) in [5, 5.41) is 16.7. The van der Waals surface area contributed by atoms with Gasteiger partial charge in [0.1, 0.15) is 5.69 Å². The molecule has 1 fully saturated rings. The highest BCUT2D eigenvalue weighted by Crippen LogP contribution is 2.20. The molecule has 1 saturated heterocycles. The minimum Gasteiger partial charge on any atom is -0.377 e. The minimum atomic E-state index is -0.154. The molecule has 0 radical (unpaired) electrons. The first kappa shape index (κ1) is 20.0. The number of benzene rings is 1. The first-order valence-corrected chi connectivity index (χ1v) is 10.4. The van der Waals surface area contributed by atoms with Gasteiger partial charge in [-0.1, -0.05) is 12.1 Å². The zero-order valence-electron chi connectivity index (χ0n) is 17.6. The van der Waals surface area contributed by atoms with Crippen molar-refractivity contribution in [3.8, 4) is 11.4 Å². The molecule has 0 N–H and O–H groups in total. The van der Waals surface area contributed by atoms with E-state index in [1.54, 1.807) is 29.6 Å². The van der Waals surface area contributed by atoms with Crippen molar-refractivity contribution in [2.45, 2.75) is 19.4 Å². The number of ether oxygens (including phenoxy) is 1. The molecule has 5 rings (SSSR count). The van der Waals surface area contributed by atoms with Crippen LogP contribution in [0.15, 0.2) is 61.2 Å². The van der Waals surface area contributed by atoms with Crippen molar-refractivity contribution in [3.05, 3.63) is 78.1 Å². The van der Waals surface area contributed by atoms with Gasteiger partial charge in [-0.25, -0.2) is 4.98 Å². The highest BCUT2D eigenvalue weighted by Gasteiger charge is 2.31. The Labute approximate surface area is 184 Å². The number of hydrogen-bond donors (Lipinski definition) is 0. The quantitative estimate of drug-likeness (QED) is 0.474. The highest BCUT2D eigenvalue weighted by molar-refractivity contribution is 5.96. The number of aromatic nitrogens is 7. The summed E-state index contributed by atoms with van der Waals surface area (Å²) < 4.78 is 5.73. The van der Waals surface area contributed by atoms with Gasteiger partial charge in [-0.05, 0) is 43.2 Å². The molecule has 32 heavy (non-hydrogen) atoms. The molecule has 1 aromatic carbocycles. The third-order valence-corrected chi connectivity index (χ3v) is 5.37. The number of carbonyl (C=O) groups is 1. The number of aryl methyl sites for hydroxylation is 1. The van der Waals surface area contributed by atoms with Crippen LogP contribution in [0.1, 0.15) is 21.7 Å². The standard InChI is InChI=1S/C22H22N8O2/c1-16-5-6-20(30-25-9-10-26-30)21(27-16)22(31)28-11-12-32-15-19(28)14-17-3-2-4-18(13-17)29-23-7-8-24-29/h2-10,13,19H,11-12,14-15H2,1H3. The molecule has 3 aromatic heterocycles. The second-order valence-electron chi connectivity index (χ2n) is 7.56. The first-order chi connectivity index (χ1) is 15.7. The Morgan fingerprint density at radius 1 is 1.03 bits per heavy atom. The Morgan fingerprint density at radius 2 is 1.78 bits per heavy atom. The normalized spacial score (nSPS) is 16.3. The number of carbonyl (C=O) groups excluding carboxylic acids is 1. The van der Waals surface area contributed by atoms with E-state index in [0.29, 0.717) is 37.6 Å². The van der Waals surface area contributed by atoms with E-state index in [0.717, 1.165) is 16.9 Å². The summed E-state index contributed by atoms with van der Waals surface area (Å²) >= 11 is 0. The minimum absolute atomic E-state index is 0.127. The smallest absolute Gasteiger partial charge is 0.275 e. The van der Waals surface area contributed by atoms with Gasteiger partial charge >= 0.3 is 0 Å². The van der Waals surface area contributed by atoms with Crippen molar-refractivity contribution in [2.75, 3.05) is 19.8 Å². The van der Waals surface area contributed by atoms with Crippen LogP contribution >= 0.6 is 0 Å². The molecule has 10 heteroatoms. The number of rotatable bonds is 5. The van der Waals surface area contributed by atoms with Crippen molar-refractivity contribution in [3.63, 3.8) is 0 Å². The topological polar surface area (TPSA) is 104 Å². The van der Waals surface area contributed by atoms with Crippen molar-refractivity contribution in [2.24, 2.45) is 0 Å². The molecule has 4 aromatic rings. The second kappa shape index (κ2) is 8.67. The van der Waals surface area contributed by atoms with Gasteiger partial charge in [0.05, 0.1) is 49.7 Å². The van der Waals surface area contributed by atoms with Crippen LogP contribution in [0.25, 0.3) is 11.4 Å². The van der Waals surface area contributed by atoms with E-state index in [1.807, 2.05) is 48.2 Å². The summed E-state index contributed by atoms with van der Waals surface area (Å²) in [5.41, 5.74) is 3.59. The summed E-state index contributed by atoms with van der Waals surface area (Å²) in [5.74, 6) is -0.154. The van der Waals surface area contributed by atoms with Crippen LogP contribution in [0.2, 0.25) is 0 Å². The van der Waals surface area contributed by atoms with E-state index < -0.39 is 0 Å².